The van der Waals surface area contributed by atoms with Crippen molar-refractivity contribution in [2.45, 2.75) is 38.5 Å². The van der Waals surface area contributed by atoms with Crippen LogP contribution in [0.3, 0.4) is 0 Å². The molecule has 0 aliphatic heterocycles. The normalized spacial score (nSPS) is 11.1. The minimum absolute atomic E-state index is 0.338. The van der Waals surface area contributed by atoms with Gasteiger partial charge in [-0.2, -0.15) is 0 Å². The maximum atomic E-state index is 12.7. The van der Waals surface area contributed by atoms with Gasteiger partial charge < -0.3 is 4.52 Å². The number of rotatable bonds is 14. The molecule has 0 bridgehead atoms. The molecule has 128 valence electrons. The molecule has 4 nitrogen and oxygen atoms in total. The zero-order valence-corrected chi connectivity index (χ0v) is 14.6. The van der Waals surface area contributed by atoms with Crippen LogP contribution in [0.15, 0.2) is 55.6 Å². The number of hydrogen-bond donors (Lipinski definition) is 0. The van der Waals surface area contributed by atoms with E-state index >= 15 is 0 Å². The van der Waals surface area contributed by atoms with Crippen LogP contribution >= 0.6 is 7.82 Å². The first-order chi connectivity index (χ1) is 11.2. The van der Waals surface area contributed by atoms with E-state index in [2.05, 4.69) is 13.2 Å². The summed E-state index contributed by atoms with van der Waals surface area (Å²) in [4.78, 5) is 0. The van der Waals surface area contributed by atoms with E-state index in [-0.39, 0.29) is 0 Å². The molecular formula is C18H27O4P. The van der Waals surface area contributed by atoms with Crippen molar-refractivity contribution in [1.29, 1.82) is 0 Å². The number of hydrogen-bond acceptors (Lipinski definition) is 4. The highest BCUT2D eigenvalue weighted by Crippen LogP contribution is 2.49. The van der Waals surface area contributed by atoms with Gasteiger partial charge in [-0.25, -0.2) is 4.57 Å². The van der Waals surface area contributed by atoms with Gasteiger partial charge in [0.25, 0.3) is 0 Å². The molecule has 0 atom stereocenters. The fourth-order valence-corrected chi connectivity index (χ4v) is 3.10. The highest BCUT2D eigenvalue weighted by Gasteiger charge is 2.28. The van der Waals surface area contributed by atoms with E-state index in [4.69, 9.17) is 13.6 Å². The van der Waals surface area contributed by atoms with Gasteiger partial charge in [0.1, 0.15) is 5.75 Å². The largest absolute Gasteiger partial charge is 0.530 e. The Hall–Kier alpha value is -1.35. The zero-order chi connectivity index (χ0) is 16.8. The van der Waals surface area contributed by atoms with Gasteiger partial charge in [-0.1, -0.05) is 30.4 Å². The van der Waals surface area contributed by atoms with Gasteiger partial charge in [0.15, 0.2) is 0 Å². The van der Waals surface area contributed by atoms with E-state index in [1.54, 1.807) is 12.1 Å². The molecule has 0 aromatic heterocycles. The first-order valence-corrected chi connectivity index (χ1v) is 9.52. The summed E-state index contributed by atoms with van der Waals surface area (Å²) in [5.74, 6) is 0.480. The Morgan fingerprint density at radius 2 is 1.39 bits per heavy atom. The number of phosphoric ester groups is 1. The third-order valence-electron chi connectivity index (χ3n) is 3.06. The average molecular weight is 338 g/mol. The summed E-state index contributed by atoms with van der Waals surface area (Å²) in [6.07, 6.45) is 8.99. The lowest BCUT2D eigenvalue weighted by Crippen LogP contribution is -2.05. The number of para-hydroxylation sites is 1. The Bertz CT molecular complexity index is 465. The van der Waals surface area contributed by atoms with Crippen molar-refractivity contribution < 1.29 is 18.1 Å². The van der Waals surface area contributed by atoms with Crippen molar-refractivity contribution in [3.63, 3.8) is 0 Å². The maximum Gasteiger partial charge on any atom is 0.530 e. The predicted octanol–water partition coefficient (Wildman–Crippen LogP) is 5.92. The fourth-order valence-electron chi connectivity index (χ4n) is 1.83. The molecule has 0 N–H and O–H groups in total. The second-order valence-electron chi connectivity index (χ2n) is 5.09. The molecule has 1 aromatic carbocycles. The monoisotopic (exact) mass is 338 g/mol. The van der Waals surface area contributed by atoms with E-state index in [9.17, 15) is 4.57 Å². The Balaban J connectivity index is 2.49. The Morgan fingerprint density at radius 3 is 1.87 bits per heavy atom. The molecule has 0 fully saturated rings. The molecule has 0 heterocycles. The molecule has 1 rings (SSSR count). The van der Waals surface area contributed by atoms with Crippen LogP contribution < -0.4 is 4.52 Å². The third-order valence-corrected chi connectivity index (χ3v) is 4.50. The lowest BCUT2D eigenvalue weighted by molar-refractivity contribution is 0.151. The van der Waals surface area contributed by atoms with Crippen LogP contribution in [0.5, 0.6) is 5.75 Å². The third kappa shape index (κ3) is 9.39. The molecule has 1 aromatic rings. The first kappa shape index (κ1) is 19.7. The highest BCUT2D eigenvalue weighted by molar-refractivity contribution is 7.48. The molecule has 0 aliphatic carbocycles. The van der Waals surface area contributed by atoms with Crippen LogP contribution in [0, 0.1) is 0 Å². The van der Waals surface area contributed by atoms with Crippen LogP contribution in [-0.2, 0) is 13.6 Å². The van der Waals surface area contributed by atoms with Gasteiger partial charge >= 0.3 is 7.82 Å². The second-order valence-corrected chi connectivity index (χ2v) is 6.68. The smallest absolute Gasteiger partial charge is 0.404 e. The summed E-state index contributed by atoms with van der Waals surface area (Å²) < 4.78 is 29.1. The van der Waals surface area contributed by atoms with Gasteiger partial charge in [-0.15, -0.1) is 13.2 Å². The van der Waals surface area contributed by atoms with Gasteiger partial charge in [-0.3, -0.25) is 9.05 Å². The summed E-state index contributed by atoms with van der Waals surface area (Å²) >= 11 is 0. The topological polar surface area (TPSA) is 44.8 Å². The molecule has 0 amide bonds. The van der Waals surface area contributed by atoms with Gasteiger partial charge in [0, 0.05) is 0 Å². The van der Waals surface area contributed by atoms with E-state index in [1.807, 2.05) is 30.4 Å². The van der Waals surface area contributed by atoms with Crippen molar-refractivity contribution in [3.05, 3.63) is 55.6 Å². The summed E-state index contributed by atoms with van der Waals surface area (Å²) in [7, 11) is -3.59. The molecular weight excluding hydrogens is 311 g/mol. The standard InChI is InChI=1S/C18H27O4P/c1-3-5-7-12-16-20-23(19,21-17-13-8-6-4-2)22-18-14-10-9-11-15-18/h3-4,9-11,14-15H,1-2,5-8,12-13,16-17H2. The molecule has 0 saturated carbocycles. The van der Waals surface area contributed by atoms with Gasteiger partial charge in [0.05, 0.1) is 13.2 Å². The van der Waals surface area contributed by atoms with E-state index < -0.39 is 7.82 Å². The van der Waals surface area contributed by atoms with Crippen LogP contribution in [0.25, 0.3) is 0 Å². The van der Waals surface area contributed by atoms with E-state index in [0.717, 1.165) is 38.5 Å². The summed E-state index contributed by atoms with van der Waals surface area (Å²) in [5.41, 5.74) is 0. The number of allylic oxidation sites excluding steroid dienone is 2. The van der Waals surface area contributed by atoms with Crippen molar-refractivity contribution in [1.82, 2.24) is 0 Å². The summed E-state index contributed by atoms with van der Waals surface area (Å²) in [6, 6.07) is 8.95. The second kappa shape index (κ2) is 12.1. The highest BCUT2D eigenvalue weighted by atomic mass is 31.2. The van der Waals surface area contributed by atoms with Crippen molar-refractivity contribution in [2.75, 3.05) is 13.2 Å². The van der Waals surface area contributed by atoms with E-state index in [1.165, 1.54) is 0 Å². The number of benzene rings is 1. The molecule has 0 aliphatic rings. The van der Waals surface area contributed by atoms with E-state index in [0.29, 0.717) is 19.0 Å². The van der Waals surface area contributed by atoms with Crippen molar-refractivity contribution in [3.8, 4) is 5.75 Å². The minimum atomic E-state index is -3.59. The Kier molecular flexibility index (Phi) is 10.4. The predicted molar refractivity (Wildman–Crippen MR) is 94.7 cm³/mol. The summed E-state index contributed by atoms with van der Waals surface area (Å²) in [6.45, 7) is 8.03. The fraction of sp³-hybridized carbons (Fsp3) is 0.444. The van der Waals surface area contributed by atoms with Crippen molar-refractivity contribution in [2.24, 2.45) is 0 Å². The zero-order valence-electron chi connectivity index (χ0n) is 13.7. The molecule has 0 spiro atoms. The average Bonchev–Trinajstić information content (AvgIpc) is 2.55. The maximum absolute atomic E-state index is 12.7. The molecule has 23 heavy (non-hydrogen) atoms. The lowest BCUT2D eigenvalue weighted by Gasteiger charge is -2.18. The first-order valence-electron chi connectivity index (χ1n) is 8.06. The minimum Gasteiger partial charge on any atom is -0.404 e. The number of unbranched alkanes of at least 4 members (excludes halogenated alkanes) is 4. The Morgan fingerprint density at radius 1 is 0.870 bits per heavy atom. The van der Waals surface area contributed by atoms with Crippen molar-refractivity contribution >= 4 is 7.82 Å². The molecule has 0 saturated heterocycles. The molecule has 0 radical (unpaired) electrons. The van der Waals surface area contributed by atoms with Crippen LogP contribution in [0.1, 0.15) is 38.5 Å². The summed E-state index contributed by atoms with van der Waals surface area (Å²) in [5, 5.41) is 0. The van der Waals surface area contributed by atoms with Crippen LogP contribution in [0.2, 0.25) is 0 Å². The van der Waals surface area contributed by atoms with Crippen LogP contribution in [0.4, 0.5) is 0 Å². The SMILES string of the molecule is C=CCCCCOP(=O)(OCCCCC=C)Oc1ccccc1. The molecule has 0 unspecified atom stereocenters. The number of phosphoric acid groups is 1. The quantitative estimate of drug-likeness (QED) is 0.240. The van der Waals surface area contributed by atoms with Crippen LogP contribution in [-0.4, -0.2) is 13.2 Å². The Labute approximate surface area is 139 Å². The van der Waals surface area contributed by atoms with Gasteiger partial charge in [0.2, 0.25) is 0 Å². The molecule has 5 heteroatoms. The van der Waals surface area contributed by atoms with Gasteiger partial charge in [-0.05, 0) is 50.7 Å². The lowest BCUT2D eigenvalue weighted by atomic mass is 10.2.